The first-order valence-electron chi connectivity index (χ1n) is 9.27. The van der Waals surface area contributed by atoms with Crippen molar-refractivity contribution in [2.45, 2.75) is 51.7 Å². The summed E-state index contributed by atoms with van der Waals surface area (Å²) in [5.41, 5.74) is 1.73. The zero-order chi connectivity index (χ0) is 19.4. The van der Waals surface area contributed by atoms with Gasteiger partial charge in [0.2, 0.25) is 5.78 Å². The van der Waals surface area contributed by atoms with Crippen molar-refractivity contribution in [2.75, 3.05) is 0 Å². The molecule has 0 saturated carbocycles. The van der Waals surface area contributed by atoms with Gasteiger partial charge in [0, 0.05) is 24.2 Å². The summed E-state index contributed by atoms with van der Waals surface area (Å²) in [5.74, 6) is 0.491. The van der Waals surface area contributed by atoms with Gasteiger partial charge in [-0.05, 0) is 56.9 Å². The molecule has 1 aromatic carbocycles. The number of carbonyl (C=O) groups is 1. The minimum Gasteiger partial charge on any atom is -0.390 e. The third kappa shape index (κ3) is 4.92. The normalized spacial score (nSPS) is 12.9. The van der Waals surface area contributed by atoms with Gasteiger partial charge < -0.3 is 10.4 Å². The highest BCUT2D eigenvalue weighted by atomic mass is 16.3. The van der Waals surface area contributed by atoms with Crippen molar-refractivity contribution < 1.29 is 9.90 Å². The Morgan fingerprint density at radius 1 is 1.33 bits per heavy atom. The highest BCUT2D eigenvalue weighted by Gasteiger charge is 2.18. The number of aromatic nitrogens is 3. The Morgan fingerprint density at radius 2 is 2.15 bits per heavy atom. The number of amides is 1. The van der Waals surface area contributed by atoms with Gasteiger partial charge in [0.15, 0.2) is 0 Å². The van der Waals surface area contributed by atoms with E-state index in [1.165, 1.54) is 0 Å². The number of carbonyl (C=O) groups excluding carboxylic acids is 1. The summed E-state index contributed by atoms with van der Waals surface area (Å²) in [4.78, 5) is 21.5. The quantitative estimate of drug-likeness (QED) is 0.672. The number of hydrogen-bond acceptors (Lipinski definition) is 4. The maximum absolute atomic E-state index is 12.7. The van der Waals surface area contributed by atoms with E-state index < -0.39 is 5.60 Å². The number of aryl methyl sites for hydroxylation is 1. The summed E-state index contributed by atoms with van der Waals surface area (Å²) in [7, 11) is 0. The van der Waals surface area contributed by atoms with E-state index in [0.717, 1.165) is 24.1 Å². The van der Waals surface area contributed by atoms with Crippen LogP contribution < -0.4 is 5.32 Å². The van der Waals surface area contributed by atoms with Crippen LogP contribution in [-0.2, 0) is 6.42 Å². The van der Waals surface area contributed by atoms with E-state index in [9.17, 15) is 9.90 Å². The first kappa shape index (κ1) is 19.0. The highest BCUT2D eigenvalue weighted by Crippen LogP contribution is 2.18. The number of nitrogens with zero attached hydrogens (tertiary/aromatic N) is 3. The lowest BCUT2D eigenvalue weighted by Gasteiger charge is -2.17. The molecule has 3 rings (SSSR count). The monoisotopic (exact) mass is 366 g/mol. The lowest BCUT2D eigenvalue weighted by molar-refractivity contribution is 0.0714. The first-order valence-corrected chi connectivity index (χ1v) is 9.27. The largest absolute Gasteiger partial charge is 0.390 e. The average molecular weight is 366 g/mol. The molecule has 6 heteroatoms. The molecule has 2 heterocycles. The minimum absolute atomic E-state index is 0.128. The van der Waals surface area contributed by atoms with Gasteiger partial charge in [-0.15, -0.1) is 0 Å². The van der Waals surface area contributed by atoms with Gasteiger partial charge in [-0.25, -0.2) is 9.97 Å². The van der Waals surface area contributed by atoms with Gasteiger partial charge >= 0.3 is 0 Å². The smallest absolute Gasteiger partial charge is 0.251 e. The van der Waals surface area contributed by atoms with Crippen molar-refractivity contribution >= 4 is 11.7 Å². The van der Waals surface area contributed by atoms with E-state index in [1.54, 1.807) is 26.1 Å². The Bertz CT molecular complexity index is 894. The number of benzene rings is 1. The molecule has 0 fully saturated rings. The van der Waals surface area contributed by atoms with Crippen molar-refractivity contribution in [3.8, 4) is 0 Å². The van der Waals surface area contributed by atoms with Crippen LogP contribution in [0.1, 0.15) is 61.3 Å². The molecular weight excluding hydrogens is 340 g/mol. The maximum atomic E-state index is 12.7. The lowest BCUT2D eigenvalue weighted by atomic mass is 9.97. The maximum Gasteiger partial charge on any atom is 0.251 e. The second-order valence-electron chi connectivity index (χ2n) is 7.44. The molecule has 0 unspecified atom stereocenters. The molecule has 0 bridgehead atoms. The Labute approximate surface area is 159 Å². The number of hydrogen-bond donors (Lipinski definition) is 2. The van der Waals surface area contributed by atoms with E-state index in [0.29, 0.717) is 17.8 Å². The summed E-state index contributed by atoms with van der Waals surface area (Å²) in [5, 5.41) is 13.0. The van der Waals surface area contributed by atoms with E-state index in [-0.39, 0.29) is 11.9 Å². The molecule has 0 radical (unpaired) electrons. The Balaban J connectivity index is 1.73. The second-order valence-corrected chi connectivity index (χ2v) is 7.44. The van der Waals surface area contributed by atoms with Gasteiger partial charge in [-0.2, -0.15) is 0 Å². The summed E-state index contributed by atoms with van der Waals surface area (Å²) in [6.45, 7) is 5.60. The fourth-order valence-electron chi connectivity index (χ4n) is 2.96. The fraction of sp³-hybridized carbons (Fsp3) is 0.381. The molecule has 1 amide bonds. The Kier molecular flexibility index (Phi) is 5.56. The molecule has 0 spiro atoms. The molecule has 3 aromatic rings. The van der Waals surface area contributed by atoms with Gasteiger partial charge in [0.25, 0.3) is 5.91 Å². The number of nitrogens with one attached hydrogen (secondary N) is 1. The minimum atomic E-state index is -0.720. The Hall–Kier alpha value is -2.73. The molecular formula is C21H26N4O2. The van der Waals surface area contributed by atoms with Crippen LogP contribution in [0.4, 0.5) is 0 Å². The second kappa shape index (κ2) is 7.88. The third-order valence-corrected chi connectivity index (χ3v) is 4.54. The zero-order valence-electron chi connectivity index (χ0n) is 16.0. The molecule has 1 atom stereocenters. The SMILES string of the molecule is CC[C@H](NC(=O)c1cccc(CCC(C)(C)O)c1)c1cn2cccnc2n1. The van der Waals surface area contributed by atoms with Gasteiger partial charge in [-0.3, -0.25) is 9.20 Å². The molecule has 2 aromatic heterocycles. The number of aliphatic hydroxyl groups is 1. The van der Waals surface area contributed by atoms with Crippen molar-refractivity contribution in [1.82, 2.24) is 19.7 Å². The van der Waals surface area contributed by atoms with E-state index in [1.807, 2.05) is 48.0 Å². The third-order valence-electron chi connectivity index (χ3n) is 4.54. The summed E-state index contributed by atoms with van der Waals surface area (Å²) in [6, 6.07) is 9.22. The molecule has 27 heavy (non-hydrogen) atoms. The lowest BCUT2D eigenvalue weighted by Crippen LogP contribution is -2.28. The van der Waals surface area contributed by atoms with E-state index in [4.69, 9.17) is 0 Å². The molecule has 2 N–H and O–H groups in total. The van der Waals surface area contributed by atoms with Crippen LogP contribution in [0.5, 0.6) is 0 Å². The van der Waals surface area contributed by atoms with Crippen molar-refractivity contribution in [2.24, 2.45) is 0 Å². The van der Waals surface area contributed by atoms with Gasteiger partial charge in [0.1, 0.15) is 0 Å². The molecule has 0 aliphatic heterocycles. The predicted octanol–water partition coefficient (Wildman–Crippen LogP) is 3.31. The van der Waals surface area contributed by atoms with E-state index in [2.05, 4.69) is 15.3 Å². The summed E-state index contributed by atoms with van der Waals surface area (Å²) >= 11 is 0. The first-order chi connectivity index (χ1) is 12.9. The van der Waals surface area contributed by atoms with Crippen molar-refractivity contribution in [3.05, 3.63) is 65.7 Å². The van der Waals surface area contributed by atoms with Crippen LogP contribution in [0.3, 0.4) is 0 Å². The molecule has 0 aliphatic rings. The zero-order valence-corrected chi connectivity index (χ0v) is 16.0. The van der Waals surface area contributed by atoms with Crippen LogP contribution in [0.25, 0.3) is 5.78 Å². The van der Waals surface area contributed by atoms with Crippen LogP contribution in [0, 0.1) is 0 Å². The van der Waals surface area contributed by atoms with Crippen LogP contribution in [-0.4, -0.2) is 31.0 Å². The van der Waals surface area contributed by atoms with Crippen LogP contribution in [0.15, 0.2) is 48.9 Å². The van der Waals surface area contributed by atoms with Crippen molar-refractivity contribution in [3.63, 3.8) is 0 Å². The van der Waals surface area contributed by atoms with Crippen LogP contribution >= 0.6 is 0 Å². The van der Waals surface area contributed by atoms with E-state index >= 15 is 0 Å². The molecule has 142 valence electrons. The predicted molar refractivity (Wildman–Crippen MR) is 105 cm³/mol. The Morgan fingerprint density at radius 3 is 2.85 bits per heavy atom. The summed E-state index contributed by atoms with van der Waals surface area (Å²) in [6.07, 6.45) is 7.58. The molecule has 0 saturated heterocycles. The number of fused-ring (bicyclic) bond motifs is 1. The average Bonchev–Trinajstić information content (AvgIpc) is 3.08. The topological polar surface area (TPSA) is 79.5 Å². The standard InChI is InChI=1S/C21H26N4O2/c1-4-17(18-14-25-12-6-11-22-20(25)24-18)23-19(26)16-8-5-7-15(13-16)9-10-21(2,3)27/h5-8,11-14,17,27H,4,9-10H2,1-3H3,(H,23,26)/t17-/m0/s1. The summed E-state index contributed by atoms with van der Waals surface area (Å²) < 4.78 is 1.85. The van der Waals surface area contributed by atoms with Gasteiger partial charge in [-0.1, -0.05) is 19.1 Å². The fourth-order valence-corrected chi connectivity index (χ4v) is 2.96. The molecule has 0 aliphatic carbocycles. The number of rotatable bonds is 7. The highest BCUT2D eigenvalue weighted by molar-refractivity contribution is 5.94. The molecule has 6 nitrogen and oxygen atoms in total. The number of imidazole rings is 1. The van der Waals surface area contributed by atoms with Crippen molar-refractivity contribution in [1.29, 1.82) is 0 Å². The van der Waals surface area contributed by atoms with Gasteiger partial charge in [0.05, 0.1) is 17.3 Å². The van der Waals surface area contributed by atoms with Crippen LogP contribution in [0.2, 0.25) is 0 Å².